The van der Waals surface area contributed by atoms with Crippen molar-refractivity contribution in [3.8, 4) is 11.5 Å². The maximum absolute atomic E-state index is 10.5. The minimum atomic E-state index is -0.512. The molecule has 0 saturated carbocycles. The van der Waals surface area contributed by atoms with Gasteiger partial charge in [-0.15, -0.1) is 6.58 Å². The van der Waals surface area contributed by atoms with E-state index < -0.39 is 6.10 Å². The van der Waals surface area contributed by atoms with E-state index in [2.05, 4.69) is 13.5 Å². The number of aliphatic hydroxyl groups excluding tert-OH is 1. The molecule has 166 valence electrons. The fraction of sp³-hybridized carbons (Fsp3) is 0.680. The van der Waals surface area contributed by atoms with Gasteiger partial charge in [-0.05, 0) is 24.1 Å². The van der Waals surface area contributed by atoms with E-state index in [4.69, 9.17) is 14.2 Å². The summed E-state index contributed by atoms with van der Waals surface area (Å²) in [7, 11) is 3.23. The number of rotatable bonds is 18. The fourth-order valence-corrected chi connectivity index (χ4v) is 3.50. The molecule has 4 nitrogen and oxygen atoms in total. The van der Waals surface area contributed by atoms with E-state index in [0.29, 0.717) is 18.1 Å². The van der Waals surface area contributed by atoms with Crippen LogP contribution in [0.1, 0.15) is 83.1 Å². The van der Waals surface area contributed by atoms with Crippen molar-refractivity contribution in [3.05, 3.63) is 36.4 Å². The Hall–Kier alpha value is -1.52. The van der Waals surface area contributed by atoms with E-state index in [1.54, 1.807) is 20.3 Å². The zero-order valence-electron chi connectivity index (χ0n) is 18.8. The molecule has 0 spiro atoms. The first-order chi connectivity index (χ1) is 14.2. The van der Waals surface area contributed by atoms with E-state index >= 15 is 0 Å². The second-order valence-corrected chi connectivity index (χ2v) is 7.74. The van der Waals surface area contributed by atoms with Crippen LogP contribution in [0.4, 0.5) is 0 Å². The monoisotopic (exact) mass is 406 g/mol. The third-order valence-electron chi connectivity index (χ3n) is 5.36. The first-order valence-electron chi connectivity index (χ1n) is 11.3. The summed E-state index contributed by atoms with van der Waals surface area (Å²) in [5.74, 6) is 1.37. The third kappa shape index (κ3) is 10.7. The summed E-state index contributed by atoms with van der Waals surface area (Å²) in [4.78, 5) is 0. The lowest BCUT2D eigenvalue weighted by Gasteiger charge is -2.20. The van der Waals surface area contributed by atoms with Crippen molar-refractivity contribution < 1.29 is 19.3 Å². The Bertz CT molecular complexity index is 544. The lowest BCUT2D eigenvalue weighted by Crippen LogP contribution is -2.26. The predicted octanol–water partition coefficient (Wildman–Crippen LogP) is 6.45. The van der Waals surface area contributed by atoms with Crippen LogP contribution in [0, 0.1) is 0 Å². The normalized spacial score (nSPS) is 13.1. The molecule has 4 heteroatoms. The lowest BCUT2D eigenvalue weighted by atomic mass is 10.0. The Kier molecular flexibility index (Phi) is 14.3. The SMILES string of the molecule is C=C[C@@H](OCc1ccc(OC)c(OC)c1)[C@H](O)CCCCCCCCCCCC. The van der Waals surface area contributed by atoms with Gasteiger partial charge >= 0.3 is 0 Å². The molecule has 0 aliphatic carbocycles. The van der Waals surface area contributed by atoms with E-state index in [-0.39, 0.29) is 6.10 Å². The van der Waals surface area contributed by atoms with Crippen LogP contribution < -0.4 is 9.47 Å². The second kappa shape index (κ2) is 16.3. The summed E-state index contributed by atoms with van der Waals surface area (Å²) < 4.78 is 16.5. The fourth-order valence-electron chi connectivity index (χ4n) is 3.50. The van der Waals surface area contributed by atoms with Gasteiger partial charge in [0.1, 0.15) is 6.10 Å². The molecule has 0 aliphatic heterocycles. The van der Waals surface area contributed by atoms with Crippen molar-refractivity contribution in [2.75, 3.05) is 14.2 Å². The van der Waals surface area contributed by atoms with E-state index in [1.807, 2.05) is 18.2 Å². The van der Waals surface area contributed by atoms with Gasteiger partial charge in [-0.25, -0.2) is 0 Å². The molecule has 0 fully saturated rings. The zero-order valence-corrected chi connectivity index (χ0v) is 18.8. The van der Waals surface area contributed by atoms with Crippen molar-refractivity contribution in [1.29, 1.82) is 0 Å². The van der Waals surface area contributed by atoms with Gasteiger partial charge in [0.05, 0.1) is 26.9 Å². The quantitative estimate of drug-likeness (QED) is 0.225. The highest BCUT2D eigenvalue weighted by Crippen LogP contribution is 2.28. The van der Waals surface area contributed by atoms with E-state index in [9.17, 15) is 5.11 Å². The number of benzene rings is 1. The van der Waals surface area contributed by atoms with Gasteiger partial charge in [-0.1, -0.05) is 83.3 Å². The van der Waals surface area contributed by atoms with Gasteiger partial charge < -0.3 is 19.3 Å². The average Bonchev–Trinajstić information content (AvgIpc) is 2.75. The molecule has 0 saturated heterocycles. The van der Waals surface area contributed by atoms with Crippen molar-refractivity contribution in [3.63, 3.8) is 0 Å². The first kappa shape index (κ1) is 25.5. The molecule has 1 N–H and O–H groups in total. The van der Waals surface area contributed by atoms with Gasteiger partial charge in [0.15, 0.2) is 11.5 Å². The molecular formula is C25H42O4. The Labute approximate surface area is 178 Å². The summed E-state index contributed by atoms with van der Waals surface area (Å²) >= 11 is 0. The number of aliphatic hydroxyl groups is 1. The molecule has 0 amide bonds. The highest BCUT2D eigenvalue weighted by Gasteiger charge is 2.16. The number of unbranched alkanes of at least 4 members (excludes halogenated alkanes) is 9. The van der Waals surface area contributed by atoms with Crippen LogP contribution >= 0.6 is 0 Å². The van der Waals surface area contributed by atoms with Crippen molar-refractivity contribution in [2.24, 2.45) is 0 Å². The molecule has 0 aromatic heterocycles. The highest BCUT2D eigenvalue weighted by molar-refractivity contribution is 5.42. The Morgan fingerprint density at radius 2 is 1.48 bits per heavy atom. The van der Waals surface area contributed by atoms with Crippen LogP contribution in [-0.2, 0) is 11.3 Å². The maximum atomic E-state index is 10.5. The van der Waals surface area contributed by atoms with E-state index in [0.717, 1.165) is 18.4 Å². The van der Waals surface area contributed by atoms with Crippen LogP contribution in [0.25, 0.3) is 0 Å². The number of ether oxygens (including phenoxy) is 3. The molecule has 2 atom stereocenters. The van der Waals surface area contributed by atoms with Crippen LogP contribution in [0.5, 0.6) is 11.5 Å². The average molecular weight is 407 g/mol. The maximum Gasteiger partial charge on any atom is 0.161 e. The van der Waals surface area contributed by atoms with Gasteiger partial charge in [-0.2, -0.15) is 0 Å². The van der Waals surface area contributed by atoms with Gasteiger partial charge in [0.25, 0.3) is 0 Å². The number of hydrogen-bond acceptors (Lipinski definition) is 4. The van der Waals surface area contributed by atoms with Gasteiger partial charge in [-0.3, -0.25) is 0 Å². The summed E-state index contributed by atoms with van der Waals surface area (Å²) in [6, 6.07) is 5.70. The topological polar surface area (TPSA) is 47.9 Å². The van der Waals surface area contributed by atoms with Crippen molar-refractivity contribution >= 4 is 0 Å². The van der Waals surface area contributed by atoms with Crippen LogP contribution in [0.15, 0.2) is 30.9 Å². The minimum Gasteiger partial charge on any atom is -0.493 e. The molecule has 1 rings (SSSR count). The summed E-state index contributed by atoms with van der Waals surface area (Å²) in [5, 5.41) is 10.5. The molecule has 1 aromatic carbocycles. The summed E-state index contributed by atoms with van der Waals surface area (Å²) in [6.07, 6.45) is 14.5. The van der Waals surface area contributed by atoms with Crippen molar-refractivity contribution in [1.82, 2.24) is 0 Å². The Balaban J connectivity index is 2.22. The minimum absolute atomic E-state index is 0.360. The van der Waals surface area contributed by atoms with Gasteiger partial charge in [0.2, 0.25) is 0 Å². The number of hydrogen-bond donors (Lipinski definition) is 1. The molecule has 29 heavy (non-hydrogen) atoms. The Morgan fingerprint density at radius 1 is 0.897 bits per heavy atom. The Morgan fingerprint density at radius 3 is 2.03 bits per heavy atom. The van der Waals surface area contributed by atoms with Gasteiger partial charge in [0, 0.05) is 0 Å². The highest BCUT2D eigenvalue weighted by atomic mass is 16.5. The largest absolute Gasteiger partial charge is 0.493 e. The molecule has 0 heterocycles. The molecule has 0 radical (unpaired) electrons. The predicted molar refractivity (Wildman–Crippen MR) is 121 cm³/mol. The smallest absolute Gasteiger partial charge is 0.161 e. The van der Waals surface area contributed by atoms with Crippen LogP contribution in [-0.4, -0.2) is 31.5 Å². The molecule has 0 aliphatic rings. The molecule has 0 unspecified atom stereocenters. The number of methoxy groups -OCH3 is 2. The first-order valence-corrected chi connectivity index (χ1v) is 11.3. The second-order valence-electron chi connectivity index (χ2n) is 7.74. The lowest BCUT2D eigenvalue weighted by molar-refractivity contribution is -0.0224. The molecule has 0 bridgehead atoms. The van der Waals surface area contributed by atoms with Crippen molar-refractivity contribution in [2.45, 2.75) is 96.4 Å². The zero-order chi connectivity index (χ0) is 21.3. The standard InChI is InChI=1S/C25H42O4/c1-5-7-8-9-10-11-12-13-14-15-16-22(26)23(6-2)29-20-21-17-18-24(27-3)25(19-21)28-4/h6,17-19,22-23,26H,2,5,7-16,20H2,1,3-4H3/t22-,23-/m1/s1. The van der Waals surface area contributed by atoms with Crippen LogP contribution in [0.2, 0.25) is 0 Å². The van der Waals surface area contributed by atoms with E-state index in [1.165, 1.54) is 57.8 Å². The molecule has 1 aromatic rings. The molecular weight excluding hydrogens is 364 g/mol. The third-order valence-corrected chi connectivity index (χ3v) is 5.36. The van der Waals surface area contributed by atoms with Crippen LogP contribution in [0.3, 0.4) is 0 Å². The summed E-state index contributed by atoms with van der Waals surface area (Å²) in [5.41, 5.74) is 0.973. The summed E-state index contributed by atoms with van der Waals surface area (Å²) in [6.45, 7) is 6.48.